The molecule has 11 nitrogen and oxygen atoms in total. The zero-order valence-corrected chi connectivity index (χ0v) is 23.2. The number of nitrogens with zero attached hydrogens (tertiary/aromatic N) is 2. The molecule has 0 saturated heterocycles. The molecule has 40 heavy (non-hydrogen) atoms. The van der Waals surface area contributed by atoms with Gasteiger partial charge in [0.25, 0.3) is 0 Å². The molecule has 0 bridgehead atoms. The van der Waals surface area contributed by atoms with Crippen molar-refractivity contribution in [2.45, 2.75) is 58.2 Å². The quantitative estimate of drug-likeness (QED) is 0.268. The number of hydrogen-bond acceptors (Lipinski definition) is 8. The lowest BCUT2D eigenvalue weighted by Crippen LogP contribution is -2.54. The number of aromatic hydroxyl groups is 1. The summed E-state index contributed by atoms with van der Waals surface area (Å²) in [6.07, 6.45) is -0.864. The summed E-state index contributed by atoms with van der Waals surface area (Å²) < 4.78 is 10.2. The van der Waals surface area contributed by atoms with Crippen molar-refractivity contribution in [2.24, 2.45) is 0 Å². The summed E-state index contributed by atoms with van der Waals surface area (Å²) in [6.45, 7) is 6.36. The van der Waals surface area contributed by atoms with Crippen molar-refractivity contribution in [1.29, 1.82) is 5.26 Å². The van der Waals surface area contributed by atoms with Crippen LogP contribution in [0.4, 0.5) is 4.79 Å². The second-order valence-corrected chi connectivity index (χ2v) is 9.85. The van der Waals surface area contributed by atoms with E-state index in [0.717, 1.165) is 10.5 Å². The molecule has 0 heterocycles. The van der Waals surface area contributed by atoms with Crippen LogP contribution in [0.5, 0.6) is 5.75 Å². The number of nitriles is 1. The maximum absolute atomic E-state index is 14.0. The minimum atomic E-state index is -1.31. The molecule has 3 amide bonds. The average Bonchev–Trinajstić information content (AvgIpc) is 2.88. The summed E-state index contributed by atoms with van der Waals surface area (Å²) in [5.41, 5.74) is 0.212. The van der Waals surface area contributed by atoms with Crippen LogP contribution in [0, 0.1) is 11.3 Å². The first-order chi connectivity index (χ1) is 18.9. The van der Waals surface area contributed by atoms with Crippen molar-refractivity contribution in [1.82, 2.24) is 15.5 Å². The van der Waals surface area contributed by atoms with Crippen LogP contribution in [0.1, 0.15) is 51.3 Å². The smallest absolute Gasteiger partial charge is 0.408 e. The zero-order valence-electron chi connectivity index (χ0n) is 23.2. The Morgan fingerprint density at radius 1 is 1.05 bits per heavy atom. The van der Waals surface area contributed by atoms with Crippen LogP contribution in [0.15, 0.2) is 54.6 Å². The topological polar surface area (TPSA) is 158 Å². The maximum atomic E-state index is 14.0. The molecule has 2 atom stereocenters. The second kappa shape index (κ2) is 15.1. The molecule has 0 fully saturated rings. The number of alkyl carbamates (subject to hydrolysis) is 1. The highest BCUT2D eigenvalue weighted by Crippen LogP contribution is 2.25. The Labute approximate surface area is 234 Å². The minimum absolute atomic E-state index is 0.0584. The lowest BCUT2D eigenvalue weighted by Gasteiger charge is -2.33. The number of benzene rings is 2. The van der Waals surface area contributed by atoms with Gasteiger partial charge in [0, 0.05) is 13.0 Å². The summed E-state index contributed by atoms with van der Waals surface area (Å²) in [7, 11) is 0. The molecule has 0 radical (unpaired) electrons. The van der Waals surface area contributed by atoms with Gasteiger partial charge < -0.3 is 30.1 Å². The number of carbonyl (C=O) groups is 4. The van der Waals surface area contributed by atoms with Crippen LogP contribution < -0.4 is 10.6 Å². The Hall–Kier alpha value is -4.59. The molecule has 214 valence electrons. The van der Waals surface area contributed by atoms with E-state index in [1.165, 1.54) is 24.3 Å². The number of rotatable bonds is 12. The Bertz CT molecular complexity index is 1190. The average molecular weight is 553 g/mol. The first-order valence-electron chi connectivity index (χ1n) is 12.9. The first kappa shape index (κ1) is 31.6. The number of nitrogens with one attached hydrogen (secondary N) is 2. The number of ether oxygens (including phenoxy) is 2. The Morgan fingerprint density at radius 3 is 2.27 bits per heavy atom. The van der Waals surface area contributed by atoms with E-state index in [0.29, 0.717) is 5.56 Å². The molecule has 2 rings (SSSR count). The van der Waals surface area contributed by atoms with E-state index in [2.05, 4.69) is 10.6 Å². The van der Waals surface area contributed by atoms with Crippen molar-refractivity contribution < 1.29 is 33.8 Å². The maximum Gasteiger partial charge on any atom is 0.408 e. The van der Waals surface area contributed by atoms with Gasteiger partial charge in [-0.1, -0.05) is 42.5 Å². The standard InChI is InChI=1S/C29H36N4O7/c1-5-39-24(35)15-17-31-26(36)25(21-11-13-22(34)14-12-21)33(18-16-30)27(37)23(19-20-9-7-6-8-10-20)32-28(38)40-29(2,3)4/h6-14,23,25,34H,5,15,17-19H2,1-4H3,(H,31,36)(H,32,38). The molecule has 2 aromatic carbocycles. The highest BCUT2D eigenvalue weighted by molar-refractivity contribution is 5.92. The van der Waals surface area contributed by atoms with Crippen LogP contribution in [0.3, 0.4) is 0 Å². The van der Waals surface area contributed by atoms with Gasteiger partial charge in [-0.25, -0.2) is 4.79 Å². The summed E-state index contributed by atoms with van der Waals surface area (Å²) >= 11 is 0. The first-order valence-corrected chi connectivity index (χ1v) is 12.9. The third kappa shape index (κ3) is 10.3. The van der Waals surface area contributed by atoms with E-state index < -0.39 is 48.1 Å². The Balaban J connectivity index is 2.44. The van der Waals surface area contributed by atoms with Crippen molar-refractivity contribution in [3.63, 3.8) is 0 Å². The van der Waals surface area contributed by atoms with Gasteiger partial charge in [-0.05, 0) is 51.0 Å². The fraction of sp³-hybridized carbons (Fsp3) is 0.414. The summed E-state index contributed by atoms with van der Waals surface area (Å²) in [6, 6.07) is 14.0. The van der Waals surface area contributed by atoms with E-state index in [4.69, 9.17) is 9.47 Å². The molecule has 0 spiro atoms. The molecular formula is C29H36N4O7. The molecule has 2 aromatic rings. The summed E-state index contributed by atoms with van der Waals surface area (Å²) in [5, 5.41) is 24.6. The number of esters is 1. The molecule has 0 aliphatic carbocycles. The summed E-state index contributed by atoms with van der Waals surface area (Å²) in [5.74, 6) is -1.92. The normalized spacial score (nSPS) is 12.3. The SMILES string of the molecule is CCOC(=O)CCNC(=O)C(c1ccc(O)cc1)N(CC#N)C(=O)C(Cc1ccccc1)NC(=O)OC(C)(C)C. The molecule has 2 unspecified atom stereocenters. The molecule has 0 saturated carbocycles. The lowest BCUT2D eigenvalue weighted by atomic mass is 10.00. The van der Waals surface area contributed by atoms with Crippen LogP contribution in [0.2, 0.25) is 0 Å². The fourth-order valence-corrected chi connectivity index (χ4v) is 3.82. The van der Waals surface area contributed by atoms with Crippen LogP contribution >= 0.6 is 0 Å². The van der Waals surface area contributed by atoms with Crippen LogP contribution in [0.25, 0.3) is 0 Å². The van der Waals surface area contributed by atoms with Gasteiger partial charge in [-0.2, -0.15) is 5.26 Å². The van der Waals surface area contributed by atoms with E-state index >= 15 is 0 Å². The van der Waals surface area contributed by atoms with Gasteiger partial charge in [0.1, 0.15) is 30.0 Å². The highest BCUT2D eigenvalue weighted by Gasteiger charge is 2.36. The van der Waals surface area contributed by atoms with Gasteiger partial charge >= 0.3 is 12.1 Å². The van der Waals surface area contributed by atoms with Crippen LogP contribution in [-0.4, -0.2) is 65.2 Å². The largest absolute Gasteiger partial charge is 0.508 e. The minimum Gasteiger partial charge on any atom is -0.508 e. The number of phenolic OH excluding ortho intramolecular Hbond substituents is 1. The van der Waals surface area contributed by atoms with Gasteiger partial charge in [0.15, 0.2) is 0 Å². The summed E-state index contributed by atoms with van der Waals surface area (Å²) in [4.78, 5) is 52.9. The monoisotopic (exact) mass is 552 g/mol. The Morgan fingerprint density at radius 2 is 1.70 bits per heavy atom. The van der Waals surface area contributed by atoms with Gasteiger partial charge in [-0.15, -0.1) is 0 Å². The van der Waals surface area contributed by atoms with Gasteiger partial charge in [0.2, 0.25) is 11.8 Å². The molecule has 0 aromatic heterocycles. The van der Waals surface area contributed by atoms with Crippen molar-refractivity contribution in [2.75, 3.05) is 19.7 Å². The lowest BCUT2D eigenvalue weighted by molar-refractivity contribution is -0.144. The van der Waals surface area contributed by atoms with E-state index in [1.807, 2.05) is 12.1 Å². The van der Waals surface area contributed by atoms with E-state index in [-0.39, 0.29) is 31.7 Å². The van der Waals surface area contributed by atoms with Gasteiger partial charge in [0.05, 0.1) is 19.1 Å². The van der Waals surface area contributed by atoms with E-state index in [9.17, 15) is 29.5 Å². The van der Waals surface area contributed by atoms with E-state index in [1.54, 1.807) is 52.0 Å². The third-order valence-corrected chi connectivity index (χ3v) is 5.50. The molecular weight excluding hydrogens is 516 g/mol. The van der Waals surface area contributed by atoms with Crippen molar-refractivity contribution in [3.05, 3.63) is 65.7 Å². The van der Waals surface area contributed by atoms with Crippen LogP contribution in [-0.2, 0) is 30.3 Å². The number of amides is 3. The molecule has 0 aliphatic rings. The number of phenols is 1. The van der Waals surface area contributed by atoms with Crippen molar-refractivity contribution in [3.8, 4) is 11.8 Å². The molecule has 3 N–H and O–H groups in total. The highest BCUT2D eigenvalue weighted by atomic mass is 16.6. The zero-order chi connectivity index (χ0) is 29.7. The Kier molecular flexibility index (Phi) is 12.0. The predicted molar refractivity (Wildman–Crippen MR) is 146 cm³/mol. The molecule has 11 heteroatoms. The number of hydrogen-bond donors (Lipinski definition) is 3. The van der Waals surface area contributed by atoms with Gasteiger partial charge in [-0.3, -0.25) is 14.4 Å². The predicted octanol–water partition coefficient (Wildman–Crippen LogP) is 2.99. The van der Waals surface area contributed by atoms with Crippen molar-refractivity contribution >= 4 is 23.9 Å². The third-order valence-electron chi connectivity index (χ3n) is 5.50. The second-order valence-electron chi connectivity index (χ2n) is 9.85. The molecule has 0 aliphatic heterocycles. The number of carbonyl (C=O) groups excluding carboxylic acids is 4. The fourth-order valence-electron chi connectivity index (χ4n) is 3.82.